The Hall–Kier alpha value is -2.16. The lowest BCUT2D eigenvalue weighted by Crippen LogP contribution is -2.33. The monoisotopic (exact) mass is 279 g/mol. The van der Waals surface area contributed by atoms with Crippen molar-refractivity contribution in [3.63, 3.8) is 0 Å². The molecular weight excluding hydrogens is 260 g/mol. The van der Waals surface area contributed by atoms with E-state index in [2.05, 4.69) is 42.9 Å². The first-order valence-electron chi connectivity index (χ1n) is 7.45. The molecular formula is C18H19N2O+. The number of Topliss-reactive ketones (excluding diaryl/α,β-unsaturated/α-hetero) is 1. The number of hydrogen-bond donors (Lipinski definition) is 1. The highest BCUT2D eigenvalue weighted by atomic mass is 16.1. The Morgan fingerprint density at radius 1 is 1.19 bits per heavy atom. The van der Waals surface area contributed by atoms with Gasteiger partial charge in [0.2, 0.25) is 5.69 Å². The van der Waals surface area contributed by atoms with Crippen molar-refractivity contribution in [2.24, 2.45) is 5.41 Å². The van der Waals surface area contributed by atoms with Crippen LogP contribution in [0.15, 0.2) is 24.3 Å². The number of rotatable bonds is 0. The predicted molar refractivity (Wildman–Crippen MR) is 83.5 cm³/mol. The Balaban J connectivity index is 2.18. The minimum atomic E-state index is 0.0345. The smallest absolute Gasteiger partial charge is 0.201 e. The fraction of sp³-hybridized carbons (Fsp3) is 0.333. The van der Waals surface area contributed by atoms with Gasteiger partial charge in [-0.2, -0.15) is 0 Å². The first kappa shape index (κ1) is 12.6. The van der Waals surface area contributed by atoms with Crippen LogP contribution in [0.1, 0.15) is 42.0 Å². The van der Waals surface area contributed by atoms with Crippen molar-refractivity contribution in [1.29, 1.82) is 0 Å². The maximum atomic E-state index is 12.7. The van der Waals surface area contributed by atoms with Gasteiger partial charge in [-0.1, -0.05) is 32.0 Å². The molecule has 0 saturated heterocycles. The van der Waals surface area contributed by atoms with Gasteiger partial charge in [-0.05, 0) is 11.5 Å². The van der Waals surface area contributed by atoms with Crippen molar-refractivity contribution >= 4 is 27.6 Å². The van der Waals surface area contributed by atoms with Crippen LogP contribution in [0.5, 0.6) is 0 Å². The number of fused-ring (bicyclic) bond motifs is 5. The number of benzene rings is 1. The predicted octanol–water partition coefficient (Wildman–Crippen LogP) is 3.60. The number of hydrogen-bond acceptors (Lipinski definition) is 1. The number of H-pyrrole nitrogens is 2. The highest BCUT2D eigenvalue weighted by Crippen LogP contribution is 2.38. The molecule has 4 rings (SSSR count). The number of carbonyl (C=O) groups excluding carboxylic acids is 1. The minimum absolute atomic E-state index is 0.0345. The molecule has 0 amide bonds. The van der Waals surface area contributed by atoms with Crippen molar-refractivity contribution in [2.45, 2.75) is 33.6 Å². The van der Waals surface area contributed by atoms with Crippen molar-refractivity contribution < 1.29 is 9.78 Å². The Labute approximate surface area is 123 Å². The lowest BCUT2D eigenvalue weighted by Gasteiger charge is -2.27. The van der Waals surface area contributed by atoms with E-state index in [1.165, 1.54) is 0 Å². The lowest BCUT2D eigenvalue weighted by molar-refractivity contribution is -0.399. The number of aryl methyl sites for hydroxylation is 1. The molecule has 2 heterocycles. The van der Waals surface area contributed by atoms with Crippen LogP contribution in [0.25, 0.3) is 21.8 Å². The third-order valence-electron chi connectivity index (χ3n) is 4.54. The Bertz CT molecular complexity index is 902. The van der Waals surface area contributed by atoms with Gasteiger partial charge in [0.1, 0.15) is 5.52 Å². The van der Waals surface area contributed by atoms with E-state index in [4.69, 9.17) is 0 Å². The summed E-state index contributed by atoms with van der Waals surface area (Å²) in [4.78, 5) is 19.7. The summed E-state index contributed by atoms with van der Waals surface area (Å²) in [7, 11) is 0. The molecule has 106 valence electrons. The molecule has 0 radical (unpaired) electrons. The fourth-order valence-electron chi connectivity index (χ4n) is 3.69. The molecule has 21 heavy (non-hydrogen) atoms. The van der Waals surface area contributed by atoms with Gasteiger partial charge >= 0.3 is 0 Å². The number of para-hydroxylation sites is 1. The summed E-state index contributed by atoms with van der Waals surface area (Å²) >= 11 is 0. The molecule has 3 nitrogen and oxygen atoms in total. The second kappa shape index (κ2) is 3.94. The summed E-state index contributed by atoms with van der Waals surface area (Å²) in [5, 5.41) is 2.24. The minimum Gasteiger partial charge on any atom is -0.349 e. The quantitative estimate of drug-likeness (QED) is 0.671. The first-order chi connectivity index (χ1) is 9.96. The normalized spacial score (nSPS) is 17.4. The summed E-state index contributed by atoms with van der Waals surface area (Å²) in [5.41, 5.74) is 5.27. The van der Waals surface area contributed by atoms with E-state index in [0.717, 1.165) is 45.2 Å². The van der Waals surface area contributed by atoms with Crippen molar-refractivity contribution in [3.8, 4) is 0 Å². The number of pyridine rings is 1. The molecule has 3 heteroatoms. The van der Waals surface area contributed by atoms with E-state index in [0.29, 0.717) is 6.42 Å². The molecule has 0 atom stereocenters. The van der Waals surface area contributed by atoms with Gasteiger partial charge in [0.25, 0.3) is 0 Å². The van der Waals surface area contributed by atoms with Gasteiger partial charge in [-0.25, -0.2) is 4.98 Å². The van der Waals surface area contributed by atoms with E-state index in [1.54, 1.807) is 0 Å². The van der Waals surface area contributed by atoms with Gasteiger partial charge in [0.05, 0.1) is 5.56 Å². The van der Waals surface area contributed by atoms with Crippen molar-refractivity contribution in [2.75, 3.05) is 0 Å². The summed E-state index contributed by atoms with van der Waals surface area (Å²) in [5.74, 6) is 0.257. The van der Waals surface area contributed by atoms with Crippen molar-refractivity contribution in [1.82, 2.24) is 4.98 Å². The molecule has 1 aliphatic carbocycles. The van der Waals surface area contributed by atoms with Gasteiger partial charge in [0, 0.05) is 36.1 Å². The van der Waals surface area contributed by atoms with E-state index in [-0.39, 0.29) is 11.2 Å². The average molecular weight is 279 g/mol. The number of carbonyl (C=O) groups is 1. The molecule has 3 aromatic rings. The zero-order valence-corrected chi connectivity index (χ0v) is 12.6. The second-order valence-corrected chi connectivity index (χ2v) is 6.97. The fourth-order valence-corrected chi connectivity index (χ4v) is 3.69. The van der Waals surface area contributed by atoms with Crippen LogP contribution in [0.2, 0.25) is 0 Å². The number of aromatic amines is 2. The van der Waals surface area contributed by atoms with Crippen LogP contribution in [0, 0.1) is 12.3 Å². The summed E-state index contributed by atoms with van der Waals surface area (Å²) < 4.78 is 0. The SMILES string of the molecule is Cc1[nH+]c2c(c3c1[nH]c1ccccc13)C(=O)CC(C)(C)C2. The maximum Gasteiger partial charge on any atom is 0.201 e. The molecule has 0 bridgehead atoms. The van der Waals surface area contributed by atoms with Crippen LogP contribution in [-0.2, 0) is 6.42 Å². The highest BCUT2D eigenvalue weighted by molar-refractivity contribution is 6.19. The number of nitrogens with one attached hydrogen (secondary N) is 2. The Morgan fingerprint density at radius 3 is 2.76 bits per heavy atom. The standard InChI is InChI=1S/C18H18N2O/c1-10-17-15(11-6-4-5-7-12(11)20-17)16-13(19-10)8-18(2,3)9-14(16)21/h4-7,20H,8-9H2,1-3H3/p+1. The van der Waals surface area contributed by atoms with Gasteiger partial charge in [0.15, 0.2) is 11.5 Å². The number of ketones is 1. The van der Waals surface area contributed by atoms with Gasteiger partial charge in [-0.3, -0.25) is 4.79 Å². The molecule has 1 aliphatic rings. The molecule has 2 N–H and O–H groups in total. The van der Waals surface area contributed by atoms with E-state index >= 15 is 0 Å². The molecule has 0 unspecified atom stereocenters. The van der Waals surface area contributed by atoms with Crippen LogP contribution in [0.3, 0.4) is 0 Å². The molecule has 2 aromatic heterocycles. The summed E-state index contributed by atoms with van der Waals surface area (Å²) in [6.07, 6.45) is 1.54. The Morgan fingerprint density at radius 2 is 1.95 bits per heavy atom. The van der Waals surface area contributed by atoms with E-state index in [9.17, 15) is 4.79 Å². The number of aromatic nitrogens is 2. The topological polar surface area (TPSA) is 47.0 Å². The molecule has 0 aliphatic heterocycles. The lowest BCUT2D eigenvalue weighted by atomic mass is 9.74. The van der Waals surface area contributed by atoms with Gasteiger partial charge < -0.3 is 4.98 Å². The largest absolute Gasteiger partial charge is 0.349 e. The summed E-state index contributed by atoms with van der Waals surface area (Å²) in [6.45, 7) is 6.40. The molecule has 0 saturated carbocycles. The van der Waals surface area contributed by atoms with Crippen LogP contribution >= 0.6 is 0 Å². The van der Waals surface area contributed by atoms with E-state index in [1.807, 2.05) is 12.1 Å². The van der Waals surface area contributed by atoms with Crippen molar-refractivity contribution in [3.05, 3.63) is 41.2 Å². The Kier molecular flexibility index (Phi) is 2.36. The molecule has 1 aromatic carbocycles. The third-order valence-corrected chi connectivity index (χ3v) is 4.54. The molecule has 0 spiro atoms. The van der Waals surface area contributed by atoms with Crippen LogP contribution < -0.4 is 4.98 Å². The second-order valence-electron chi connectivity index (χ2n) is 6.97. The van der Waals surface area contributed by atoms with Crippen LogP contribution in [0.4, 0.5) is 0 Å². The zero-order valence-electron chi connectivity index (χ0n) is 12.6. The first-order valence-corrected chi connectivity index (χ1v) is 7.45. The summed E-state index contributed by atoms with van der Waals surface area (Å²) in [6, 6.07) is 8.22. The maximum absolute atomic E-state index is 12.7. The third kappa shape index (κ3) is 1.73. The zero-order chi connectivity index (χ0) is 14.8. The highest BCUT2D eigenvalue weighted by Gasteiger charge is 2.37. The van der Waals surface area contributed by atoms with Crippen LogP contribution in [-0.4, -0.2) is 10.8 Å². The van der Waals surface area contributed by atoms with E-state index < -0.39 is 0 Å². The molecule has 0 fully saturated rings. The average Bonchev–Trinajstić information content (AvgIpc) is 2.77. The van der Waals surface area contributed by atoms with Gasteiger partial charge in [-0.15, -0.1) is 0 Å².